The van der Waals surface area contributed by atoms with Crippen molar-refractivity contribution in [3.63, 3.8) is 0 Å². The summed E-state index contributed by atoms with van der Waals surface area (Å²) in [4.78, 5) is 63.4. The van der Waals surface area contributed by atoms with Gasteiger partial charge in [0.1, 0.15) is 22.9 Å². The van der Waals surface area contributed by atoms with E-state index in [9.17, 15) is 19.2 Å². The monoisotopic (exact) mass is 1120 g/mol. The minimum Gasteiger partial charge on any atom is -0.497 e. The number of aryl methyl sites for hydroxylation is 2. The third-order valence-electron chi connectivity index (χ3n) is 17.7. The van der Waals surface area contributed by atoms with Gasteiger partial charge in [0.05, 0.1) is 33.0 Å². The largest absolute Gasteiger partial charge is 0.497 e. The first-order valence-corrected chi connectivity index (χ1v) is 30.0. The predicted molar refractivity (Wildman–Crippen MR) is 329 cm³/mol. The van der Waals surface area contributed by atoms with Crippen LogP contribution in [0.4, 0.5) is 17.1 Å². The van der Waals surface area contributed by atoms with Crippen molar-refractivity contribution >= 4 is 40.6 Å². The normalized spacial score (nSPS) is 17.5. The first kappa shape index (κ1) is 60.3. The number of methoxy groups -OCH3 is 3. The maximum absolute atomic E-state index is 14.1. The summed E-state index contributed by atoms with van der Waals surface area (Å²) in [7, 11) is 4.99. The van der Waals surface area contributed by atoms with Crippen molar-refractivity contribution in [3.8, 4) is 11.5 Å². The van der Waals surface area contributed by atoms with Gasteiger partial charge in [-0.25, -0.2) is 0 Å². The van der Waals surface area contributed by atoms with E-state index in [2.05, 4.69) is 94.8 Å². The molecule has 438 valence electrons. The van der Waals surface area contributed by atoms with E-state index in [0.29, 0.717) is 69.0 Å². The number of benzene rings is 6. The minimum absolute atomic E-state index is 0.0268. The molecule has 0 spiro atoms. The van der Waals surface area contributed by atoms with E-state index in [-0.39, 0.29) is 60.6 Å². The standard InChI is InChI=1S/C70H85N5O8/c1-51-46-56(47-52(2)67(51)68(79)72-44-40-69(3,41-45-72)73-42-38-59(39-43-73)75(57-22-14-10-15-23-57)58-24-16-11-17-25-58)71-65(77)37-32-61(76)26-18-7-8-19-27-66(78)74-49-64(82-6)48-60(74)50-83-70(53-20-12-9-13-21-53,54-28-33-62(80-4)34-29-54)55-30-35-63(81-5)36-31-55/h9-17,20-25,28-31,33-36,46-47,59-60,64H,7-8,18-19,26-27,32,37-45,48-50H2,1-6H3,(H,71,77)/t60-,64+/m0/s1. The van der Waals surface area contributed by atoms with E-state index >= 15 is 0 Å². The zero-order chi connectivity index (χ0) is 58.3. The number of ketones is 1. The van der Waals surface area contributed by atoms with Crippen LogP contribution in [0.1, 0.15) is 129 Å². The van der Waals surface area contributed by atoms with Crippen molar-refractivity contribution < 1.29 is 38.1 Å². The lowest BCUT2D eigenvalue weighted by molar-refractivity contribution is -0.134. The Morgan fingerprint density at radius 2 is 1.14 bits per heavy atom. The van der Waals surface area contributed by atoms with Gasteiger partial charge >= 0.3 is 0 Å². The Labute approximate surface area is 492 Å². The molecule has 2 atom stereocenters. The second-order valence-electron chi connectivity index (χ2n) is 23.1. The molecular formula is C70H85N5O8. The number of anilines is 3. The molecule has 6 aromatic carbocycles. The molecule has 3 saturated heterocycles. The van der Waals surface area contributed by atoms with Gasteiger partial charge < -0.3 is 39.0 Å². The molecule has 9 rings (SSSR count). The molecule has 1 N–H and O–H groups in total. The number of hydrogen-bond donors (Lipinski definition) is 1. The molecule has 0 aliphatic carbocycles. The third-order valence-corrected chi connectivity index (χ3v) is 17.7. The van der Waals surface area contributed by atoms with Crippen molar-refractivity contribution in [2.24, 2.45) is 0 Å². The van der Waals surface area contributed by atoms with Crippen molar-refractivity contribution in [2.45, 2.75) is 134 Å². The van der Waals surface area contributed by atoms with E-state index in [1.165, 1.54) is 11.4 Å². The Bertz CT molecular complexity index is 2960. The molecular weight excluding hydrogens is 1040 g/mol. The summed E-state index contributed by atoms with van der Waals surface area (Å²) in [5.74, 6) is 1.40. The van der Waals surface area contributed by atoms with Crippen LogP contribution in [0.2, 0.25) is 0 Å². The van der Waals surface area contributed by atoms with E-state index in [4.69, 9.17) is 18.9 Å². The average Bonchev–Trinajstić information content (AvgIpc) is 2.75. The van der Waals surface area contributed by atoms with Gasteiger partial charge in [0.25, 0.3) is 5.91 Å². The number of unbranched alkanes of at least 4 members (excludes halogenated alkanes) is 3. The van der Waals surface area contributed by atoms with Gasteiger partial charge in [-0.05, 0) is 154 Å². The Kier molecular flexibility index (Phi) is 20.6. The predicted octanol–water partition coefficient (Wildman–Crippen LogP) is 12.9. The van der Waals surface area contributed by atoms with Crippen LogP contribution in [-0.4, -0.2) is 123 Å². The zero-order valence-electron chi connectivity index (χ0n) is 49.7. The van der Waals surface area contributed by atoms with Crippen LogP contribution in [0, 0.1) is 13.8 Å². The van der Waals surface area contributed by atoms with E-state index in [1.54, 1.807) is 21.3 Å². The quantitative estimate of drug-likeness (QED) is 0.0437. The van der Waals surface area contributed by atoms with Gasteiger partial charge in [-0.1, -0.05) is 104 Å². The molecule has 3 aliphatic rings. The highest BCUT2D eigenvalue weighted by molar-refractivity contribution is 5.99. The number of hydrogen-bond acceptors (Lipinski definition) is 10. The third kappa shape index (κ3) is 14.5. The van der Waals surface area contributed by atoms with Gasteiger partial charge in [0, 0.05) is 99.7 Å². The molecule has 3 aliphatic heterocycles. The summed E-state index contributed by atoms with van der Waals surface area (Å²) < 4.78 is 24.1. The molecule has 13 heteroatoms. The summed E-state index contributed by atoms with van der Waals surface area (Å²) in [6.07, 6.45) is 8.56. The maximum atomic E-state index is 14.1. The van der Waals surface area contributed by atoms with Crippen LogP contribution in [0.25, 0.3) is 0 Å². The van der Waals surface area contributed by atoms with Gasteiger partial charge in [0.15, 0.2) is 0 Å². The van der Waals surface area contributed by atoms with E-state index in [1.807, 2.05) is 103 Å². The molecule has 0 radical (unpaired) electrons. The van der Waals surface area contributed by atoms with Crippen LogP contribution in [0.3, 0.4) is 0 Å². The fourth-order valence-electron chi connectivity index (χ4n) is 13.0. The number of rotatable bonds is 25. The molecule has 3 fully saturated rings. The molecule has 0 aromatic heterocycles. The maximum Gasteiger partial charge on any atom is 0.254 e. The van der Waals surface area contributed by atoms with E-state index < -0.39 is 5.60 Å². The van der Waals surface area contributed by atoms with Crippen molar-refractivity contribution in [1.29, 1.82) is 0 Å². The fraction of sp³-hybridized carbons (Fsp3) is 0.429. The Balaban J connectivity index is 0.698. The first-order chi connectivity index (χ1) is 40.3. The lowest BCUT2D eigenvalue weighted by Gasteiger charge is -2.50. The number of para-hydroxylation sites is 2. The van der Waals surface area contributed by atoms with Gasteiger partial charge in [-0.3, -0.25) is 24.1 Å². The number of carbonyl (C=O) groups is 4. The lowest BCUT2D eigenvalue weighted by Crippen LogP contribution is -2.57. The van der Waals surface area contributed by atoms with Crippen molar-refractivity contribution in [1.82, 2.24) is 14.7 Å². The second-order valence-corrected chi connectivity index (χ2v) is 23.1. The topological polar surface area (TPSA) is 130 Å². The lowest BCUT2D eigenvalue weighted by atomic mass is 9.80. The number of carbonyl (C=O) groups excluding carboxylic acids is 4. The number of Topliss-reactive ketones (excluding diaryl/α,β-unsaturated/α-hetero) is 1. The molecule has 0 bridgehead atoms. The van der Waals surface area contributed by atoms with Gasteiger partial charge in [-0.15, -0.1) is 0 Å². The molecule has 3 heterocycles. The highest BCUT2D eigenvalue weighted by atomic mass is 16.5. The van der Waals surface area contributed by atoms with E-state index in [0.717, 1.165) is 90.9 Å². The first-order valence-electron chi connectivity index (χ1n) is 30.0. The number of nitrogens with one attached hydrogen (secondary N) is 1. The summed E-state index contributed by atoms with van der Waals surface area (Å²) in [5, 5.41) is 2.99. The van der Waals surface area contributed by atoms with Crippen molar-refractivity contribution in [3.05, 3.63) is 185 Å². The molecule has 13 nitrogen and oxygen atoms in total. The number of amides is 3. The van der Waals surface area contributed by atoms with Crippen LogP contribution < -0.4 is 19.7 Å². The zero-order valence-corrected chi connectivity index (χ0v) is 49.7. The number of ether oxygens (including phenoxy) is 4. The number of piperidine rings is 2. The number of likely N-dealkylation sites (tertiary alicyclic amines) is 3. The molecule has 83 heavy (non-hydrogen) atoms. The summed E-state index contributed by atoms with van der Waals surface area (Å²) in [6.45, 7) is 10.4. The molecule has 3 amide bonds. The van der Waals surface area contributed by atoms with Crippen LogP contribution in [0.5, 0.6) is 11.5 Å². The smallest absolute Gasteiger partial charge is 0.254 e. The fourth-order valence-corrected chi connectivity index (χ4v) is 13.0. The number of nitrogens with zero attached hydrogens (tertiary/aromatic N) is 4. The van der Waals surface area contributed by atoms with Crippen LogP contribution in [0.15, 0.2) is 152 Å². The Morgan fingerprint density at radius 3 is 1.67 bits per heavy atom. The highest BCUT2D eigenvalue weighted by Gasteiger charge is 2.43. The minimum atomic E-state index is -1.01. The summed E-state index contributed by atoms with van der Waals surface area (Å²) in [6, 6.07) is 51.4. The molecule has 0 unspecified atom stereocenters. The SMILES string of the molecule is COc1ccc(C(OC[C@@H]2C[C@@H](OC)CN2C(=O)CCCCCCC(=O)CCC(=O)Nc2cc(C)c(C(=O)N3CCC(C)(N4CCC(N(c5ccccc5)c5ccccc5)CC4)CC3)c(C)c2)(c2ccccc2)c2ccc(OC)cc2)cc1. The average molecular weight is 1120 g/mol. The van der Waals surface area contributed by atoms with Crippen molar-refractivity contribution in [2.75, 3.05) is 70.9 Å². The van der Waals surface area contributed by atoms with Gasteiger partial charge in [0.2, 0.25) is 11.8 Å². The van der Waals surface area contributed by atoms with Gasteiger partial charge in [-0.2, -0.15) is 0 Å². The summed E-state index contributed by atoms with van der Waals surface area (Å²) >= 11 is 0. The molecule has 6 aromatic rings. The van der Waals surface area contributed by atoms with Crippen LogP contribution >= 0.6 is 0 Å². The summed E-state index contributed by atoms with van der Waals surface area (Å²) in [5.41, 5.74) is 7.23. The molecule has 0 saturated carbocycles. The van der Waals surface area contributed by atoms with Crippen LogP contribution in [-0.2, 0) is 29.5 Å². The highest BCUT2D eigenvalue weighted by Crippen LogP contribution is 2.43. The second kappa shape index (κ2) is 28.3. The Hall–Kier alpha value is -7.32. The Morgan fingerprint density at radius 1 is 0.627 bits per heavy atom.